The van der Waals surface area contributed by atoms with Gasteiger partial charge in [-0.3, -0.25) is 0 Å². The van der Waals surface area contributed by atoms with E-state index in [1.54, 1.807) is 6.07 Å². The van der Waals surface area contributed by atoms with Crippen molar-refractivity contribution < 1.29 is 13.5 Å². The lowest BCUT2D eigenvalue weighted by atomic mass is 9.73. The van der Waals surface area contributed by atoms with Crippen molar-refractivity contribution in [1.29, 1.82) is 0 Å². The Kier molecular flexibility index (Phi) is 4.38. The number of rotatable bonds is 4. The molecule has 0 spiro atoms. The van der Waals surface area contributed by atoms with E-state index >= 15 is 0 Å². The van der Waals surface area contributed by atoms with E-state index in [1.165, 1.54) is 23.1 Å². The molecular weight excluding hydrogens is 380 g/mol. The number of aromatic nitrogens is 3. The van der Waals surface area contributed by atoms with Crippen LogP contribution in [-0.2, 0) is 16.9 Å². The van der Waals surface area contributed by atoms with E-state index in [4.69, 9.17) is 28.6 Å². The Bertz CT molecular complexity index is 1020. The van der Waals surface area contributed by atoms with Gasteiger partial charge in [-0.1, -0.05) is 35.9 Å². The second kappa shape index (κ2) is 6.57. The molecule has 0 bridgehead atoms. The second-order valence-corrected chi connectivity index (χ2v) is 6.94. The maximum atomic E-state index is 14.7. The van der Waals surface area contributed by atoms with Crippen LogP contribution in [0, 0.1) is 16.4 Å². The molecule has 2 atom stereocenters. The predicted octanol–water partition coefficient (Wildman–Crippen LogP) is 4.58. The molecular formula is C18H14ClF2N3OS. The average molecular weight is 394 g/mol. The van der Waals surface area contributed by atoms with Gasteiger partial charge in [0.05, 0.1) is 13.2 Å². The highest BCUT2D eigenvalue weighted by Gasteiger charge is 2.53. The highest BCUT2D eigenvalue weighted by molar-refractivity contribution is 7.71. The lowest BCUT2D eigenvalue weighted by Gasteiger charge is -2.50. The Morgan fingerprint density at radius 2 is 2.12 bits per heavy atom. The molecule has 4 nitrogen and oxygen atoms in total. The van der Waals surface area contributed by atoms with Crippen LogP contribution in [0.15, 0.2) is 48.8 Å². The monoisotopic (exact) mass is 393 g/mol. The molecule has 4 rings (SSSR count). The first-order valence-electron chi connectivity index (χ1n) is 7.96. The first-order valence-corrected chi connectivity index (χ1v) is 8.74. The number of benzene rings is 2. The molecule has 1 fully saturated rings. The molecule has 2 aromatic carbocycles. The molecule has 1 aliphatic heterocycles. The number of H-pyrrole nitrogens is 1. The van der Waals surface area contributed by atoms with E-state index in [9.17, 15) is 8.78 Å². The fraction of sp³-hybridized carbons (Fsp3) is 0.222. The molecule has 26 heavy (non-hydrogen) atoms. The lowest BCUT2D eigenvalue weighted by molar-refractivity contribution is -0.190. The quantitative estimate of drug-likeness (QED) is 0.660. The summed E-state index contributed by atoms with van der Waals surface area (Å²) in [6.07, 6.45) is 1.46. The Morgan fingerprint density at radius 3 is 2.73 bits per heavy atom. The van der Waals surface area contributed by atoms with E-state index in [2.05, 4.69) is 10.1 Å². The summed E-state index contributed by atoms with van der Waals surface area (Å²) < 4.78 is 36.0. The SMILES string of the molecule is Fc1ccc([C@]2(Cn3nc[nH]c3=S)OC[C@@H]2c2ccccc2Cl)c(F)c1. The Balaban J connectivity index is 1.86. The minimum atomic E-state index is -1.09. The van der Waals surface area contributed by atoms with Gasteiger partial charge >= 0.3 is 0 Å². The third-order valence-corrected chi connectivity index (χ3v) is 5.42. The summed E-state index contributed by atoms with van der Waals surface area (Å²) in [6.45, 7) is 0.534. The zero-order valence-electron chi connectivity index (χ0n) is 13.5. The number of halogens is 3. The number of nitrogens with zero attached hydrogens (tertiary/aromatic N) is 2. The maximum absolute atomic E-state index is 14.7. The van der Waals surface area contributed by atoms with Gasteiger partial charge in [-0.25, -0.2) is 13.5 Å². The van der Waals surface area contributed by atoms with E-state index in [1.807, 2.05) is 18.2 Å². The first-order chi connectivity index (χ1) is 12.5. The van der Waals surface area contributed by atoms with E-state index in [0.717, 1.165) is 11.6 Å². The molecule has 0 saturated carbocycles. The van der Waals surface area contributed by atoms with Gasteiger partial charge in [0, 0.05) is 22.6 Å². The summed E-state index contributed by atoms with van der Waals surface area (Å²) in [5, 5.41) is 4.72. The molecule has 0 unspecified atom stereocenters. The summed E-state index contributed by atoms with van der Waals surface area (Å²) in [5.41, 5.74) is 0.00194. The summed E-state index contributed by atoms with van der Waals surface area (Å²) in [6, 6.07) is 10.8. The molecule has 1 aromatic heterocycles. The topological polar surface area (TPSA) is 42.8 Å². The molecule has 8 heteroatoms. The second-order valence-electron chi connectivity index (χ2n) is 6.15. The van der Waals surface area contributed by atoms with Crippen LogP contribution in [0.1, 0.15) is 17.0 Å². The van der Waals surface area contributed by atoms with Gasteiger partial charge in [-0.05, 0) is 29.9 Å². The third kappa shape index (κ3) is 2.76. The molecule has 1 aliphatic rings. The number of nitrogens with one attached hydrogen (secondary N) is 1. The van der Waals surface area contributed by atoms with Crippen molar-refractivity contribution in [3.05, 3.63) is 81.3 Å². The molecule has 134 valence electrons. The summed E-state index contributed by atoms with van der Waals surface area (Å²) in [5.74, 6) is -1.55. The van der Waals surface area contributed by atoms with Crippen LogP contribution < -0.4 is 0 Å². The molecule has 0 amide bonds. The number of aromatic amines is 1. The highest BCUT2D eigenvalue weighted by atomic mass is 35.5. The minimum Gasteiger partial charge on any atom is -0.367 e. The number of hydrogen-bond donors (Lipinski definition) is 1. The molecule has 1 N–H and O–H groups in total. The van der Waals surface area contributed by atoms with E-state index < -0.39 is 17.2 Å². The van der Waals surface area contributed by atoms with Gasteiger partial charge in [0.1, 0.15) is 23.6 Å². The van der Waals surface area contributed by atoms with Crippen molar-refractivity contribution in [1.82, 2.24) is 14.8 Å². The van der Waals surface area contributed by atoms with Crippen LogP contribution in [0.25, 0.3) is 0 Å². The Hall–Kier alpha value is -2.09. The van der Waals surface area contributed by atoms with Crippen LogP contribution in [-0.4, -0.2) is 21.4 Å². The van der Waals surface area contributed by atoms with Crippen LogP contribution in [0.4, 0.5) is 8.78 Å². The van der Waals surface area contributed by atoms with Crippen molar-refractivity contribution >= 4 is 23.8 Å². The van der Waals surface area contributed by atoms with Crippen LogP contribution in [0.2, 0.25) is 5.02 Å². The van der Waals surface area contributed by atoms with E-state index in [0.29, 0.717) is 16.4 Å². The summed E-state index contributed by atoms with van der Waals surface area (Å²) in [7, 11) is 0. The normalized spacial score (nSPS) is 22.2. The summed E-state index contributed by atoms with van der Waals surface area (Å²) >= 11 is 11.6. The molecule has 3 aromatic rings. The largest absolute Gasteiger partial charge is 0.367 e. The lowest BCUT2D eigenvalue weighted by Crippen LogP contribution is -2.52. The third-order valence-electron chi connectivity index (χ3n) is 4.74. The van der Waals surface area contributed by atoms with E-state index in [-0.39, 0.29) is 18.0 Å². The zero-order chi connectivity index (χ0) is 18.3. The number of hydrogen-bond acceptors (Lipinski definition) is 3. The van der Waals surface area contributed by atoms with Crippen molar-refractivity contribution in [2.24, 2.45) is 0 Å². The molecule has 0 aliphatic carbocycles. The predicted molar refractivity (Wildman–Crippen MR) is 95.6 cm³/mol. The van der Waals surface area contributed by atoms with Gasteiger partial charge in [0.15, 0.2) is 4.77 Å². The number of ether oxygens (including phenoxy) is 1. The van der Waals surface area contributed by atoms with Crippen molar-refractivity contribution in [2.75, 3.05) is 6.61 Å². The fourth-order valence-electron chi connectivity index (χ4n) is 3.42. The molecule has 2 heterocycles. The molecule has 1 saturated heterocycles. The maximum Gasteiger partial charge on any atom is 0.195 e. The van der Waals surface area contributed by atoms with Crippen molar-refractivity contribution in [3.63, 3.8) is 0 Å². The zero-order valence-corrected chi connectivity index (χ0v) is 15.0. The van der Waals surface area contributed by atoms with Gasteiger partial charge in [-0.2, -0.15) is 5.10 Å². The van der Waals surface area contributed by atoms with Crippen LogP contribution in [0.3, 0.4) is 0 Å². The Morgan fingerprint density at radius 1 is 1.31 bits per heavy atom. The Labute approximate surface area is 158 Å². The van der Waals surface area contributed by atoms with Gasteiger partial charge in [0.25, 0.3) is 0 Å². The van der Waals surface area contributed by atoms with Gasteiger partial charge in [0.2, 0.25) is 0 Å². The van der Waals surface area contributed by atoms with Crippen LogP contribution in [0.5, 0.6) is 0 Å². The summed E-state index contributed by atoms with van der Waals surface area (Å²) in [4.78, 5) is 2.81. The minimum absolute atomic E-state index is 0.174. The fourth-order valence-corrected chi connectivity index (χ4v) is 3.85. The van der Waals surface area contributed by atoms with Crippen molar-refractivity contribution in [2.45, 2.75) is 18.1 Å². The standard InChI is InChI=1S/C18H14ClF2N3OS/c19-15-4-2-1-3-12(15)14-8-25-18(14,9-24-17(26)22-10-23-24)13-6-5-11(20)7-16(13)21/h1-7,10,14H,8-9H2,(H,22,23,26)/t14-,18+/m1/s1. The van der Waals surface area contributed by atoms with Crippen LogP contribution >= 0.6 is 23.8 Å². The first kappa shape index (κ1) is 17.3. The molecule has 0 radical (unpaired) electrons. The van der Waals surface area contributed by atoms with Gasteiger partial charge in [-0.15, -0.1) is 0 Å². The highest BCUT2D eigenvalue weighted by Crippen LogP contribution is 2.51. The van der Waals surface area contributed by atoms with Crippen molar-refractivity contribution in [3.8, 4) is 0 Å². The average Bonchev–Trinajstić information content (AvgIpc) is 2.99. The van der Waals surface area contributed by atoms with Gasteiger partial charge < -0.3 is 9.72 Å². The smallest absolute Gasteiger partial charge is 0.195 e.